The van der Waals surface area contributed by atoms with E-state index < -0.39 is 11.6 Å². The van der Waals surface area contributed by atoms with E-state index in [0.717, 1.165) is 24.5 Å². The molecule has 0 bridgehead atoms. The van der Waals surface area contributed by atoms with Gasteiger partial charge in [-0.1, -0.05) is 55.7 Å². The summed E-state index contributed by atoms with van der Waals surface area (Å²) in [5.41, 5.74) is 2.71. The van der Waals surface area contributed by atoms with Gasteiger partial charge in [-0.3, -0.25) is 0 Å². The van der Waals surface area contributed by atoms with Gasteiger partial charge in [0.15, 0.2) is 0 Å². The van der Waals surface area contributed by atoms with Crippen molar-refractivity contribution < 1.29 is 8.78 Å². The van der Waals surface area contributed by atoms with Gasteiger partial charge in [-0.15, -0.1) is 0 Å². The average Bonchev–Trinajstić information content (AvgIpc) is 2.53. The van der Waals surface area contributed by atoms with Crippen molar-refractivity contribution in [3.8, 4) is 0 Å². The molecule has 0 saturated heterocycles. The van der Waals surface area contributed by atoms with E-state index >= 15 is 0 Å². The molecular weight excluding hydrogens is 326 g/mol. The monoisotopic (exact) mass is 350 g/mol. The molecule has 0 aliphatic heterocycles. The standard InChI is InChI=1S/C21H25ClF2/c1-5-7-8-9-17(6-2)13-20(22)16(4)12-15(3)19-11-10-18(23)14-21(19)24/h6,10-14H,3,5,7-9H2,1-2,4H3/b16-12+,17-6-,20-13+. The van der Waals surface area contributed by atoms with Crippen LogP contribution >= 0.6 is 11.6 Å². The van der Waals surface area contributed by atoms with Crippen molar-refractivity contribution in [3.05, 3.63) is 76.4 Å². The highest BCUT2D eigenvalue weighted by molar-refractivity contribution is 6.32. The topological polar surface area (TPSA) is 0 Å². The zero-order chi connectivity index (χ0) is 18.1. The number of rotatable bonds is 8. The maximum absolute atomic E-state index is 13.8. The van der Waals surface area contributed by atoms with E-state index in [1.54, 1.807) is 6.08 Å². The number of allylic oxidation sites excluding steroid dienone is 7. The van der Waals surface area contributed by atoms with Gasteiger partial charge in [0.25, 0.3) is 0 Å². The molecule has 0 fully saturated rings. The Kier molecular flexibility index (Phi) is 8.70. The maximum atomic E-state index is 13.8. The predicted molar refractivity (Wildman–Crippen MR) is 101 cm³/mol. The van der Waals surface area contributed by atoms with Crippen LogP contribution in [0.4, 0.5) is 8.78 Å². The second kappa shape index (κ2) is 10.2. The lowest BCUT2D eigenvalue weighted by Gasteiger charge is -2.07. The van der Waals surface area contributed by atoms with Gasteiger partial charge in [-0.05, 0) is 56.0 Å². The van der Waals surface area contributed by atoms with Crippen molar-refractivity contribution in [2.75, 3.05) is 0 Å². The van der Waals surface area contributed by atoms with Crippen LogP contribution in [0, 0.1) is 11.6 Å². The number of unbranched alkanes of at least 4 members (excludes halogenated alkanes) is 2. The van der Waals surface area contributed by atoms with Crippen LogP contribution in [0.3, 0.4) is 0 Å². The van der Waals surface area contributed by atoms with Crippen molar-refractivity contribution in [2.24, 2.45) is 0 Å². The molecule has 0 spiro atoms. The zero-order valence-electron chi connectivity index (χ0n) is 14.6. The van der Waals surface area contributed by atoms with Crippen molar-refractivity contribution in [1.29, 1.82) is 0 Å². The molecule has 3 heteroatoms. The summed E-state index contributed by atoms with van der Waals surface area (Å²) >= 11 is 6.37. The van der Waals surface area contributed by atoms with Gasteiger partial charge >= 0.3 is 0 Å². The Labute approximate surface area is 149 Å². The second-order valence-corrected chi connectivity index (χ2v) is 6.20. The third kappa shape index (κ3) is 6.45. The predicted octanol–water partition coefficient (Wildman–Crippen LogP) is 7.57. The number of hydrogen-bond donors (Lipinski definition) is 0. The molecule has 0 unspecified atom stereocenters. The average molecular weight is 351 g/mol. The zero-order valence-corrected chi connectivity index (χ0v) is 15.4. The lowest BCUT2D eigenvalue weighted by atomic mass is 10.0. The molecule has 24 heavy (non-hydrogen) atoms. The Balaban J connectivity index is 2.89. The van der Waals surface area contributed by atoms with Crippen LogP contribution in [0.15, 0.2) is 59.2 Å². The largest absolute Gasteiger partial charge is 0.207 e. The third-order valence-corrected chi connectivity index (χ3v) is 4.20. The van der Waals surface area contributed by atoms with Gasteiger partial charge in [0.1, 0.15) is 11.6 Å². The van der Waals surface area contributed by atoms with Gasteiger partial charge in [0.05, 0.1) is 0 Å². The first-order valence-electron chi connectivity index (χ1n) is 8.24. The smallest absolute Gasteiger partial charge is 0.133 e. The normalized spacial score (nSPS) is 13.3. The van der Waals surface area contributed by atoms with Crippen molar-refractivity contribution in [1.82, 2.24) is 0 Å². The van der Waals surface area contributed by atoms with Crippen LogP contribution in [0.25, 0.3) is 5.57 Å². The first-order chi connectivity index (χ1) is 11.4. The van der Waals surface area contributed by atoms with Crippen LogP contribution in [0.1, 0.15) is 52.0 Å². The molecule has 0 N–H and O–H groups in total. The number of benzene rings is 1. The van der Waals surface area contributed by atoms with Gasteiger partial charge in [-0.25, -0.2) is 8.78 Å². The Morgan fingerprint density at radius 1 is 1.21 bits per heavy atom. The Hall–Kier alpha value is -1.67. The molecule has 0 aromatic heterocycles. The highest BCUT2D eigenvalue weighted by atomic mass is 35.5. The van der Waals surface area contributed by atoms with Crippen molar-refractivity contribution in [2.45, 2.75) is 46.5 Å². The first kappa shape index (κ1) is 20.4. The van der Waals surface area contributed by atoms with Crippen LogP contribution in [0.5, 0.6) is 0 Å². The third-order valence-electron chi connectivity index (χ3n) is 3.80. The summed E-state index contributed by atoms with van der Waals surface area (Å²) in [6, 6.07) is 3.46. The molecule has 0 aliphatic rings. The van der Waals surface area contributed by atoms with E-state index in [2.05, 4.69) is 19.6 Å². The van der Waals surface area contributed by atoms with E-state index in [1.807, 2.05) is 19.9 Å². The van der Waals surface area contributed by atoms with Gasteiger partial charge < -0.3 is 0 Å². The molecule has 0 nitrogen and oxygen atoms in total. The molecule has 0 saturated carbocycles. The fourth-order valence-electron chi connectivity index (χ4n) is 2.31. The highest BCUT2D eigenvalue weighted by Gasteiger charge is 2.07. The van der Waals surface area contributed by atoms with E-state index in [1.165, 1.54) is 30.5 Å². The summed E-state index contributed by atoms with van der Waals surface area (Å²) in [7, 11) is 0. The van der Waals surface area contributed by atoms with Crippen LogP contribution in [-0.4, -0.2) is 0 Å². The summed E-state index contributed by atoms with van der Waals surface area (Å²) in [4.78, 5) is 0. The van der Waals surface area contributed by atoms with Gasteiger partial charge in [0, 0.05) is 16.7 Å². The summed E-state index contributed by atoms with van der Waals surface area (Å²) in [6.07, 6.45) is 10.2. The minimum Gasteiger partial charge on any atom is -0.207 e. The van der Waals surface area contributed by atoms with Crippen LogP contribution < -0.4 is 0 Å². The summed E-state index contributed by atoms with van der Waals surface area (Å²) in [5, 5.41) is 0.600. The summed E-state index contributed by atoms with van der Waals surface area (Å²) in [6.45, 7) is 9.88. The van der Waals surface area contributed by atoms with Crippen molar-refractivity contribution >= 4 is 17.2 Å². The molecule has 1 rings (SSSR count). The fourth-order valence-corrected chi connectivity index (χ4v) is 2.51. The van der Waals surface area contributed by atoms with Crippen LogP contribution in [0.2, 0.25) is 0 Å². The maximum Gasteiger partial charge on any atom is 0.133 e. The van der Waals surface area contributed by atoms with E-state index in [9.17, 15) is 8.78 Å². The minimum absolute atomic E-state index is 0.273. The molecular formula is C21H25ClF2. The second-order valence-electron chi connectivity index (χ2n) is 5.79. The first-order valence-corrected chi connectivity index (χ1v) is 8.62. The fraction of sp³-hybridized carbons (Fsp3) is 0.333. The number of hydrogen-bond acceptors (Lipinski definition) is 0. The van der Waals surface area contributed by atoms with E-state index in [-0.39, 0.29) is 5.56 Å². The lowest BCUT2D eigenvalue weighted by Crippen LogP contribution is -1.90. The summed E-state index contributed by atoms with van der Waals surface area (Å²) in [5.74, 6) is -1.23. The van der Waals surface area contributed by atoms with Crippen LogP contribution in [-0.2, 0) is 0 Å². The molecule has 1 aromatic rings. The molecule has 130 valence electrons. The highest BCUT2D eigenvalue weighted by Crippen LogP contribution is 2.25. The molecule has 0 atom stereocenters. The SMILES string of the molecule is C=C(/C=C(C)/C(Cl)=C\C(=C/C)CCCCC)c1ccc(F)cc1F. The summed E-state index contributed by atoms with van der Waals surface area (Å²) < 4.78 is 26.8. The Morgan fingerprint density at radius 2 is 1.92 bits per heavy atom. The molecule has 1 aromatic carbocycles. The van der Waals surface area contributed by atoms with E-state index in [0.29, 0.717) is 10.6 Å². The quantitative estimate of drug-likeness (QED) is 0.335. The molecule has 0 aliphatic carbocycles. The van der Waals surface area contributed by atoms with Crippen molar-refractivity contribution in [3.63, 3.8) is 0 Å². The Bertz CT molecular complexity index is 666. The minimum atomic E-state index is -0.627. The van der Waals surface area contributed by atoms with Gasteiger partial charge in [-0.2, -0.15) is 0 Å². The Morgan fingerprint density at radius 3 is 2.50 bits per heavy atom. The molecule has 0 radical (unpaired) electrons. The van der Waals surface area contributed by atoms with Gasteiger partial charge in [0.2, 0.25) is 0 Å². The number of halogens is 3. The lowest BCUT2D eigenvalue weighted by molar-refractivity contribution is 0.581. The van der Waals surface area contributed by atoms with E-state index in [4.69, 9.17) is 11.6 Å². The molecule has 0 heterocycles. The molecule has 0 amide bonds.